The Hall–Kier alpha value is -1.76. The molecule has 0 amide bonds. The third kappa shape index (κ3) is 1.50. The van der Waals surface area contributed by atoms with Crippen molar-refractivity contribution in [3.05, 3.63) is 59.5 Å². The third-order valence-electron chi connectivity index (χ3n) is 2.89. The Morgan fingerprint density at radius 2 is 1.93 bits per heavy atom. The normalized spacial score (nSPS) is 16.9. The summed E-state index contributed by atoms with van der Waals surface area (Å²) >= 11 is 0. The minimum absolute atomic E-state index is 0.946. The first-order valence-corrected chi connectivity index (χ1v) is 5.26. The van der Waals surface area contributed by atoms with E-state index in [0.717, 1.165) is 18.6 Å². The standard InChI is InChI=1S/C14H12O/c1-2-6-14-11(4-1)7-8-12(14)10-13-5-3-9-15-13/h1-6,9-10H,7-8H2. The van der Waals surface area contributed by atoms with E-state index in [2.05, 4.69) is 30.3 Å². The monoisotopic (exact) mass is 196 g/mol. The molecular weight excluding hydrogens is 184 g/mol. The summed E-state index contributed by atoms with van der Waals surface area (Å²) in [5.74, 6) is 0.946. The van der Waals surface area contributed by atoms with Gasteiger partial charge >= 0.3 is 0 Å². The molecule has 3 rings (SSSR count). The predicted octanol–water partition coefficient (Wildman–Crippen LogP) is 3.77. The van der Waals surface area contributed by atoms with Gasteiger partial charge in [0.15, 0.2) is 0 Å². The fraction of sp³-hybridized carbons (Fsp3) is 0.143. The van der Waals surface area contributed by atoms with E-state index < -0.39 is 0 Å². The van der Waals surface area contributed by atoms with E-state index in [9.17, 15) is 0 Å². The van der Waals surface area contributed by atoms with Gasteiger partial charge in [0.25, 0.3) is 0 Å². The molecule has 1 heterocycles. The van der Waals surface area contributed by atoms with Gasteiger partial charge in [-0.1, -0.05) is 24.3 Å². The summed E-state index contributed by atoms with van der Waals surface area (Å²) in [6, 6.07) is 12.5. The lowest BCUT2D eigenvalue weighted by Gasteiger charge is -1.98. The van der Waals surface area contributed by atoms with Crippen LogP contribution >= 0.6 is 0 Å². The van der Waals surface area contributed by atoms with Gasteiger partial charge in [-0.25, -0.2) is 0 Å². The summed E-state index contributed by atoms with van der Waals surface area (Å²) in [5, 5.41) is 0. The molecule has 2 aromatic rings. The first-order valence-electron chi connectivity index (χ1n) is 5.26. The van der Waals surface area contributed by atoms with Crippen molar-refractivity contribution in [2.45, 2.75) is 12.8 Å². The van der Waals surface area contributed by atoms with Crippen LogP contribution in [-0.4, -0.2) is 0 Å². The minimum atomic E-state index is 0.946. The highest BCUT2D eigenvalue weighted by Crippen LogP contribution is 2.33. The molecule has 0 saturated carbocycles. The molecule has 74 valence electrons. The first kappa shape index (κ1) is 8.54. The molecule has 0 aliphatic heterocycles. The van der Waals surface area contributed by atoms with Crippen molar-refractivity contribution in [2.24, 2.45) is 0 Å². The second-order valence-corrected chi connectivity index (χ2v) is 3.84. The average Bonchev–Trinajstić information content (AvgIpc) is 2.89. The Labute approximate surface area is 89.0 Å². The molecule has 1 aliphatic carbocycles. The van der Waals surface area contributed by atoms with Crippen molar-refractivity contribution in [3.63, 3.8) is 0 Å². The number of hydrogen-bond acceptors (Lipinski definition) is 1. The van der Waals surface area contributed by atoms with Crippen LogP contribution in [0.2, 0.25) is 0 Å². The molecule has 0 radical (unpaired) electrons. The highest BCUT2D eigenvalue weighted by molar-refractivity contribution is 5.84. The predicted molar refractivity (Wildman–Crippen MR) is 61.3 cm³/mol. The zero-order valence-electron chi connectivity index (χ0n) is 8.44. The molecule has 0 saturated heterocycles. The van der Waals surface area contributed by atoms with E-state index in [1.807, 2.05) is 12.1 Å². The second-order valence-electron chi connectivity index (χ2n) is 3.84. The summed E-state index contributed by atoms with van der Waals surface area (Å²) in [4.78, 5) is 0. The molecule has 1 heteroatoms. The Bertz CT molecular complexity index is 492. The van der Waals surface area contributed by atoms with Crippen molar-refractivity contribution >= 4 is 11.6 Å². The maximum Gasteiger partial charge on any atom is 0.126 e. The Morgan fingerprint density at radius 3 is 2.80 bits per heavy atom. The Morgan fingerprint density at radius 1 is 1.00 bits per heavy atom. The van der Waals surface area contributed by atoms with Crippen molar-refractivity contribution in [3.8, 4) is 0 Å². The zero-order valence-corrected chi connectivity index (χ0v) is 8.44. The molecule has 0 fully saturated rings. The lowest BCUT2D eigenvalue weighted by molar-refractivity contribution is 0.557. The van der Waals surface area contributed by atoms with Gasteiger partial charge in [0, 0.05) is 0 Å². The molecular formula is C14H12O. The summed E-state index contributed by atoms with van der Waals surface area (Å²) in [5.41, 5.74) is 4.23. The molecule has 0 N–H and O–H groups in total. The van der Waals surface area contributed by atoms with E-state index in [0.29, 0.717) is 0 Å². The van der Waals surface area contributed by atoms with Gasteiger partial charge in [0.05, 0.1) is 6.26 Å². The van der Waals surface area contributed by atoms with Crippen LogP contribution in [0.5, 0.6) is 0 Å². The number of allylic oxidation sites excluding steroid dienone is 1. The van der Waals surface area contributed by atoms with Crippen LogP contribution in [0.3, 0.4) is 0 Å². The largest absolute Gasteiger partial charge is 0.465 e. The van der Waals surface area contributed by atoms with Crippen LogP contribution in [0.4, 0.5) is 0 Å². The van der Waals surface area contributed by atoms with Gasteiger partial charge in [-0.15, -0.1) is 0 Å². The third-order valence-corrected chi connectivity index (χ3v) is 2.89. The number of aryl methyl sites for hydroxylation is 1. The lowest BCUT2D eigenvalue weighted by Crippen LogP contribution is -1.78. The van der Waals surface area contributed by atoms with Crippen LogP contribution in [0, 0.1) is 0 Å². The van der Waals surface area contributed by atoms with E-state index in [4.69, 9.17) is 4.42 Å². The van der Waals surface area contributed by atoms with Crippen molar-refractivity contribution in [1.82, 2.24) is 0 Å². The van der Waals surface area contributed by atoms with Gasteiger partial charge < -0.3 is 4.42 Å². The fourth-order valence-electron chi connectivity index (χ4n) is 2.15. The van der Waals surface area contributed by atoms with E-state index >= 15 is 0 Å². The molecule has 0 atom stereocenters. The van der Waals surface area contributed by atoms with Gasteiger partial charge in [0.2, 0.25) is 0 Å². The van der Waals surface area contributed by atoms with Crippen LogP contribution in [0.1, 0.15) is 23.3 Å². The lowest BCUT2D eigenvalue weighted by atomic mass is 10.1. The molecule has 0 spiro atoms. The average molecular weight is 196 g/mol. The highest BCUT2D eigenvalue weighted by Gasteiger charge is 2.15. The Balaban J connectivity index is 2.04. The molecule has 0 bridgehead atoms. The molecule has 15 heavy (non-hydrogen) atoms. The van der Waals surface area contributed by atoms with Gasteiger partial charge in [0.1, 0.15) is 5.76 Å². The maximum absolute atomic E-state index is 5.33. The van der Waals surface area contributed by atoms with Gasteiger partial charge in [-0.05, 0) is 47.8 Å². The van der Waals surface area contributed by atoms with E-state index in [-0.39, 0.29) is 0 Å². The van der Waals surface area contributed by atoms with Crippen LogP contribution < -0.4 is 0 Å². The van der Waals surface area contributed by atoms with Crippen LogP contribution in [0.15, 0.2) is 47.1 Å². The quantitative estimate of drug-likeness (QED) is 0.676. The Kier molecular flexibility index (Phi) is 1.95. The number of rotatable bonds is 1. The van der Waals surface area contributed by atoms with Crippen LogP contribution in [-0.2, 0) is 6.42 Å². The highest BCUT2D eigenvalue weighted by atomic mass is 16.3. The summed E-state index contributed by atoms with van der Waals surface area (Å²) in [7, 11) is 0. The maximum atomic E-state index is 5.33. The summed E-state index contributed by atoms with van der Waals surface area (Å²) < 4.78 is 5.33. The van der Waals surface area contributed by atoms with Crippen LogP contribution in [0.25, 0.3) is 11.6 Å². The van der Waals surface area contributed by atoms with E-state index in [1.54, 1.807) is 6.26 Å². The number of benzene rings is 1. The topological polar surface area (TPSA) is 13.1 Å². The number of fused-ring (bicyclic) bond motifs is 1. The molecule has 0 unspecified atom stereocenters. The molecule has 1 aromatic heterocycles. The molecule has 1 aliphatic rings. The van der Waals surface area contributed by atoms with Crippen molar-refractivity contribution in [1.29, 1.82) is 0 Å². The van der Waals surface area contributed by atoms with Gasteiger partial charge in [-0.2, -0.15) is 0 Å². The first-order chi connectivity index (χ1) is 7.43. The molecule has 1 nitrogen and oxygen atoms in total. The SMILES string of the molecule is C(=C1CCc2ccccc21)c1ccco1. The second kappa shape index (κ2) is 3.43. The minimum Gasteiger partial charge on any atom is -0.465 e. The number of hydrogen-bond donors (Lipinski definition) is 0. The summed E-state index contributed by atoms with van der Waals surface area (Å²) in [6.07, 6.45) is 6.14. The smallest absolute Gasteiger partial charge is 0.126 e. The van der Waals surface area contributed by atoms with Gasteiger partial charge in [-0.3, -0.25) is 0 Å². The fourth-order valence-corrected chi connectivity index (χ4v) is 2.15. The molecule has 1 aromatic carbocycles. The zero-order chi connectivity index (χ0) is 10.1. The summed E-state index contributed by atoms with van der Waals surface area (Å²) in [6.45, 7) is 0. The van der Waals surface area contributed by atoms with E-state index in [1.165, 1.54) is 16.7 Å². The number of furan rings is 1. The van der Waals surface area contributed by atoms with Crippen molar-refractivity contribution < 1.29 is 4.42 Å². The van der Waals surface area contributed by atoms with Crippen molar-refractivity contribution in [2.75, 3.05) is 0 Å².